The topological polar surface area (TPSA) is 59.0 Å². The van der Waals surface area contributed by atoms with Crippen molar-refractivity contribution < 1.29 is 4.79 Å². The second-order valence-corrected chi connectivity index (χ2v) is 7.35. The van der Waals surface area contributed by atoms with E-state index in [4.69, 9.17) is 28.3 Å². The minimum absolute atomic E-state index is 0.370. The largest absolute Gasteiger partial charge is 0.324 e. The van der Waals surface area contributed by atoms with Gasteiger partial charge in [-0.15, -0.1) is 0 Å². The Balaban J connectivity index is 1.57. The molecule has 0 atom stereocenters. The van der Waals surface area contributed by atoms with Gasteiger partial charge in [-0.25, -0.2) is 9.48 Å². The Hall–Kier alpha value is -2.50. The quantitative estimate of drug-likeness (QED) is 0.556. The molecule has 3 aromatic rings. The highest BCUT2D eigenvalue weighted by atomic mass is 35.5. The van der Waals surface area contributed by atoms with Crippen LogP contribution in [0.5, 0.6) is 0 Å². The van der Waals surface area contributed by atoms with E-state index in [1.54, 1.807) is 22.9 Å². The number of para-hydroxylation sites is 1. The maximum atomic E-state index is 12.5. The number of rotatable bonds is 4. The lowest BCUT2D eigenvalue weighted by molar-refractivity contribution is 0.262. The van der Waals surface area contributed by atoms with Crippen molar-refractivity contribution in [3.63, 3.8) is 0 Å². The molecule has 1 aliphatic rings. The van der Waals surface area contributed by atoms with Crippen LogP contribution < -0.4 is 10.6 Å². The van der Waals surface area contributed by atoms with Gasteiger partial charge in [0, 0.05) is 17.7 Å². The number of nitrogens with one attached hydrogen (secondary N) is 2. The minimum atomic E-state index is -0.370. The first-order chi connectivity index (χ1) is 13.1. The zero-order chi connectivity index (χ0) is 18.8. The molecule has 1 saturated carbocycles. The van der Waals surface area contributed by atoms with E-state index >= 15 is 0 Å². The van der Waals surface area contributed by atoms with Crippen molar-refractivity contribution in [1.82, 2.24) is 9.78 Å². The fourth-order valence-electron chi connectivity index (χ4n) is 3.01. The summed E-state index contributed by atoms with van der Waals surface area (Å²) in [5.74, 6) is 1.09. The van der Waals surface area contributed by atoms with Gasteiger partial charge in [0.25, 0.3) is 0 Å². The highest BCUT2D eigenvalue weighted by molar-refractivity contribution is 6.42. The highest BCUT2D eigenvalue weighted by Gasteiger charge is 2.24. The molecule has 5 nitrogen and oxygen atoms in total. The van der Waals surface area contributed by atoms with Gasteiger partial charge in [-0.2, -0.15) is 5.10 Å². The third-order valence-electron chi connectivity index (χ3n) is 4.67. The predicted molar refractivity (Wildman–Crippen MR) is 109 cm³/mol. The van der Waals surface area contributed by atoms with Crippen LogP contribution in [-0.2, 0) is 0 Å². The smallest absolute Gasteiger partial charge is 0.308 e. The number of carbonyl (C=O) groups is 1. The van der Waals surface area contributed by atoms with Crippen LogP contribution in [0.3, 0.4) is 0 Å². The number of hydrogen-bond acceptors (Lipinski definition) is 2. The first kappa shape index (κ1) is 17.9. The third-order valence-corrected chi connectivity index (χ3v) is 5.41. The van der Waals surface area contributed by atoms with Gasteiger partial charge in [-0.3, -0.25) is 5.32 Å². The first-order valence-electron chi connectivity index (χ1n) is 8.78. The summed E-state index contributed by atoms with van der Waals surface area (Å²) in [6.07, 6.45) is 3.50. The number of benzene rings is 2. The summed E-state index contributed by atoms with van der Waals surface area (Å²) in [6.45, 7) is 0. The van der Waals surface area contributed by atoms with Crippen LogP contribution >= 0.6 is 23.2 Å². The number of amides is 2. The van der Waals surface area contributed by atoms with Crippen LogP contribution in [0.15, 0.2) is 54.6 Å². The Kier molecular flexibility index (Phi) is 5.05. The molecule has 7 heteroatoms. The number of anilines is 2. The van der Waals surface area contributed by atoms with Crippen LogP contribution in [0.4, 0.5) is 16.3 Å². The van der Waals surface area contributed by atoms with Gasteiger partial charge in [0.1, 0.15) is 5.82 Å². The number of urea groups is 1. The molecular formula is C20H18Cl2N4O. The van der Waals surface area contributed by atoms with E-state index in [2.05, 4.69) is 10.6 Å². The lowest BCUT2D eigenvalue weighted by atomic mass is 9.83. The molecule has 1 aromatic heterocycles. The average Bonchev–Trinajstić information content (AvgIpc) is 3.00. The summed E-state index contributed by atoms with van der Waals surface area (Å²) in [5, 5.41) is 11.2. The summed E-state index contributed by atoms with van der Waals surface area (Å²) in [6, 6.07) is 16.3. The van der Waals surface area contributed by atoms with E-state index in [0.717, 1.165) is 24.2 Å². The SMILES string of the molecule is O=C(Nc1ccc(Cl)c(Cl)c1)Nc1cc(C2CCC2)nn1-c1ccccc1. The first-order valence-corrected chi connectivity index (χ1v) is 9.54. The van der Waals surface area contributed by atoms with Gasteiger partial charge >= 0.3 is 6.03 Å². The Morgan fingerprint density at radius 3 is 2.44 bits per heavy atom. The fourth-order valence-corrected chi connectivity index (χ4v) is 3.31. The number of nitrogens with zero attached hydrogens (tertiary/aromatic N) is 2. The monoisotopic (exact) mass is 400 g/mol. The molecule has 2 N–H and O–H groups in total. The standard InChI is InChI=1S/C20H18Cl2N4O/c21-16-10-9-14(11-17(16)22)23-20(27)24-19-12-18(13-5-4-6-13)25-26(19)15-7-2-1-3-8-15/h1-3,7-13H,4-6H2,(H2,23,24,27). The molecule has 4 rings (SSSR count). The third kappa shape index (κ3) is 3.94. The van der Waals surface area contributed by atoms with Gasteiger partial charge in [0.05, 0.1) is 21.4 Å². The van der Waals surface area contributed by atoms with Gasteiger partial charge in [-0.05, 0) is 43.2 Å². The van der Waals surface area contributed by atoms with Crippen LogP contribution in [0.1, 0.15) is 30.9 Å². The second-order valence-electron chi connectivity index (χ2n) is 6.54. The van der Waals surface area contributed by atoms with E-state index in [-0.39, 0.29) is 6.03 Å². The molecule has 1 fully saturated rings. The number of carbonyl (C=O) groups excluding carboxylic acids is 1. The molecule has 1 heterocycles. The van der Waals surface area contributed by atoms with E-state index in [0.29, 0.717) is 27.5 Å². The van der Waals surface area contributed by atoms with Gasteiger partial charge < -0.3 is 5.32 Å². The Bertz CT molecular complexity index is 967. The lowest BCUT2D eigenvalue weighted by Crippen LogP contribution is -2.21. The van der Waals surface area contributed by atoms with Crippen molar-refractivity contribution in [2.24, 2.45) is 0 Å². The van der Waals surface area contributed by atoms with Crippen molar-refractivity contribution in [2.75, 3.05) is 10.6 Å². The number of hydrogen-bond donors (Lipinski definition) is 2. The van der Waals surface area contributed by atoms with Gasteiger partial charge in [-0.1, -0.05) is 47.8 Å². The zero-order valence-corrected chi connectivity index (χ0v) is 16.0. The van der Waals surface area contributed by atoms with E-state index in [1.165, 1.54) is 6.42 Å². The summed E-state index contributed by atoms with van der Waals surface area (Å²) in [4.78, 5) is 12.5. The normalized spacial score (nSPS) is 13.9. The van der Waals surface area contributed by atoms with Crippen LogP contribution in [0, 0.1) is 0 Å². The fraction of sp³-hybridized carbons (Fsp3) is 0.200. The molecule has 0 bridgehead atoms. The maximum absolute atomic E-state index is 12.5. The van der Waals surface area contributed by atoms with Crippen molar-refractivity contribution in [1.29, 1.82) is 0 Å². The molecule has 2 aromatic carbocycles. The molecule has 0 spiro atoms. The van der Waals surface area contributed by atoms with E-state index in [1.807, 2.05) is 36.4 Å². The molecule has 2 amide bonds. The minimum Gasteiger partial charge on any atom is -0.308 e. The van der Waals surface area contributed by atoms with Gasteiger partial charge in [0.2, 0.25) is 0 Å². The van der Waals surface area contributed by atoms with E-state index < -0.39 is 0 Å². The summed E-state index contributed by atoms with van der Waals surface area (Å²) in [7, 11) is 0. The molecular weight excluding hydrogens is 383 g/mol. The molecule has 0 aliphatic heterocycles. The molecule has 27 heavy (non-hydrogen) atoms. The van der Waals surface area contributed by atoms with Crippen molar-refractivity contribution in [2.45, 2.75) is 25.2 Å². The summed E-state index contributed by atoms with van der Waals surface area (Å²) in [5.41, 5.74) is 2.47. The number of aromatic nitrogens is 2. The second kappa shape index (κ2) is 7.62. The van der Waals surface area contributed by atoms with Crippen molar-refractivity contribution >= 4 is 40.7 Å². The maximum Gasteiger partial charge on any atom is 0.324 e. The Labute approximate surface area is 167 Å². The Morgan fingerprint density at radius 1 is 1.00 bits per heavy atom. The molecule has 0 unspecified atom stereocenters. The van der Waals surface area contributed by atoms with Gasteiger partial charge in [0.15, 0.2) is 0 Å². The zero-order valence-electron chi connectivity index (χ0n) is 14.5. The predicted octanol–water partition coefficient (Wildman–Crippen LogP) is 6.09. The lowest BCUT2D eigenvalue weighted by Gasteiger charge is -2.22. The summed E-state index contributed by atoms with van der Waals surface area (Å²) < 4.78 is 1.77. The van der Waals surface area contributed by atoms with Crippen LogP contribution in [0.2, 0.25) is 10.0 Å². The molecule has 1 aliphatic carbocycles. The Morgan fingerprint density at radius 2 is 1.78 bits per heavy atom. The number of halogens is 2. The van der Waals surface area contributed by atoms with Crippen LogP contribution in [0.25, 0.3) is 5.69 Å². The average molecular weight is 401 g/mol. The van der Waals surface area contributed by atoms with Crippen molar-refractivity contribution in [3.05, 3.63) is 70.3 Å². The van der Waals surface area contributed by atoms with Crippen molar-refractivity contribution in [3.8, 4) is 5.69 Å². The molecule has 0 saturated heterocycles. The highest BCUT2D eigenvalue weighted by Crippen LogP contribution is 2.37. The molecule has 138 valence electrons. The summed E-state index contributed by atoms with van der Waals surface area (Å²) >= 11 is 11.9. The van der Waals surface area contributed by atoms with E-state index in [9.17, 15) is 4.79 Å². The molecule has 0 radical (unpaired) electrons. The van der Waals surface area contributed by atoms with Crippen LogP contribution in [-0.4, -0.2) is 15.8 Å².